The van der Waals surface area contributed by atoms with Crippen molar-refractivity contribution in [2.45, 2.75) is 19.3 Å². The average Bonchev–Trinajstić information content (AvgIpc) is 2.58. The Bertz CT molecular complexity index is 557. The number of aldehydes is 1. The van der Waals surface area contributed by atoms with Gasteiger partial charge in [-0.3, -0.25) is 4.79 Å². The average molecular weight is 298 g/mol. The van der Waals surface area contributed by atoms with Gasteiger partial charge in [0.25, 0.3) is 0 Å². The summed E-state index contributed by atoms with van der Waals surface area (Å²) >= 11 is 0. The third-order valence-electron chi connectivity index (χ3n) is 3.62. The highest BCUT2D eigenvalue weighted by Gasteiger charge is 2.45. The lowest BCUT2D eigenvalue weighted by Gasteiger charge is -2.31. The van der Waals surface area contributed by atoms with Gasteiger partial charge in [-0.2, -0.15) is 0 Å². The first kappa shape index (κ1) is 17.6. The van der Waals surface area contributed by atoms with Gasteiger partial charge in [0, 0.05) is 5.92 Å². The predicted molar refractivity (Wildman–Crippen MR) is 88.5 cm³/mol. The minimum Gasteiger partial charge on any atom is -0.468 e. The van der Waals surface area contributed by atoms with E-state index in [2.05, 4.69) is 6.58 Å². The lowest BCUT2D eigenvalue weighted by molar-refractivity contribution is -0.155. The lowest BCUT2D eigenvalue weighted by atomic mass is 9.70. The molecule has 1 rings (SSSR count). The Labute approximate surface area is 132 Å². The Balaban J connectivity index is 3.30. The molecule has 0 bridgehead atoms. The molecular formula is C19H22O3. The van der Waals surface area contributed by atoms with E-state index >= 15 is 0 Å². The fraction of sp³-hybridized carbons (Fsp3) is 0.263. The Morgan fingerprint density at radius 1 is 1.32 bits per heavy atom. The number of carbonyl (C=O) groups is 2. The zero-order valence-corrected chi connectivity index (χ0v) is 13.1. The summed E-state index contributed by atoms with van der Waals surface area (Å²) in [6.45, 7) is 5.70. The summed E-state index contributed by atoms with van der Waals surface area (Å²) in [5, 5.41) is 0. The molecule has 3 nitrogen and oxygen atoms in total. The molecule has 0 aliphatic rings. The van der Waals surface area contributed by atoms with Gasteiger partial charge in [0.2, 0.25) is 0 Å². The number of ether oxygens (including phenoxy) is 1. The lowest BCUT2D eigenvalue weighted by Crippen LogP contribution is -2.39. The van der Waals surface area contributed by atoms with Crippen LogP contribution < -0.4 is 0 Å². The van der Waals surface area contributed by atoms with Crippen LogP contribution in [0.15, 0.2) is 67.3 Å². The van der Waals surface area contributed by atoms with Gasteiger partial charge in [-0.05, 0) is 18.9 Å². The van der Waals surface area contributed by atoms with Crippen LogP contribution >= 0.6 is 0 Å². The summed E-state index contributed by atoms with van der Waals surface area (Å²) in [6.07, 6.45) is 9.89. The highest BCUT2D eigenvalue weighted by molar-refractivity contribution is 5.95. The number of carbonyl (C=O) groups excluding carboxylic acids is 2. The molecule has 2 unspecified atom stereocenters. The van der Waals surface area contributed by atoms with Crippen LogP contribution in [-0.4, -0.2) is 19.4 Å². The van der Waals surface area contributed by atoms with E-state index in [4.69, 9.17) is 4.74 Å². The van der Waals surface area contributed by atoms with Crippen LogP contribution in [0.1, 0.15) is 24.8 Å². The van der Waals surface area contributed by atoms with Crippen LogP contribution in [0.2, 0.25) is 0 Å². The SMILES string of the molecule is C=CC(c1ccccc1)C(C=O)(C/C=C/C=C/C)C(=O)OC. The van der Waals surface area contributed by atoms with Gasteiger partial charge >= 0.3 is 5.97 Å². The van der Waals surface area contributed by atoms with Crippen LogP contribution in [0.5, 0.6) is 0 Å². The Morgan fingerprint density at radius 2 is 2.00 bits per heavy atom. The molecule has 1 aromatic carbocycles. The molecule has 0 saturated carbocycles. The van der Waals surface area contributed by atoms with Gasteiger partial charge in [0.05, 0.1) is 7.11 Å². The smallest absolute Gasteiger partial charge is 0.320 e. The van der Waals surface area contributed by atoms with Crippen LogP contribution in [-0.2, 0) is 14.3 Å². The van der Waals surface area contributed by atoms with Crippen molar-refractivity contribution in [2.24, 2.45) is 5.41 Å². The van der Waals surface area contributed by atoms with E-state index in [9.17, 15) is 9.59 Å². The molecule has 1 aromatic rings. The number of esters is 1. The fourth-order valence-electron chi connectivity index (χ4n) is 2.45. The van der Waals surface area contributed by atoms with E-state index in [0.29, 0.717) is 6.29 Å². The first-order valence-corrected chi connectivity index (χ1v) is 7.16. The molecule has 2 atom stereocenters. The number of allylic oxidation sites excluding steroid dienone is 5. The largest absolute Gasteiger partial charge is 0.468 e. The quantitative estimate of drug-likeness (QED) is 0.241. The molecule has 22 heavy (non-hydrogen) atoms. The van der Waals surface area contributed by atoms with Crippen molar-refractivity contribution < 1.29 is 14.3 Å². The van der Waals surface area contributed by atoms with E-state index in [1.165, 1.54) is 7.11 Å². The number of hydrogen-bond acceptors (Lipinski definition) is 3. The molecule has 0 aliphatic heterocycles. The Morgan fingerprint density at radius 3 is 2.50 bits per heavy atom. The molecule has 116 valence electrons. The third kappa shape index (κ3) is 3.82. The summed E-state index contributed by atoms with van der Waals surface area (Å²) in [5.41, 5.74) is -0.454. The minimum atomic E-state index is -1.31. The second kappa shape index (κ2) is 8.78. The maximum absolute atomic E-state index is 12.3. The minimum absolute atomic E-state index is 0.249. The third-order valence-corrected chi connectivity index (χ3v) is 3.62. The Hall–Kier alpha value is -2.42. The van der Waals surface area contributed by atoms with E-state index in [0.717, 1.165) is 5.56 Å². The first-order chi connectivity index (χ1) is 10.7. The van der Waals surface area contributed by atoms with Crippen molar-refractivity contribution in [3.05, 3.63) is 72.9 Å². The first-order valence-electron chi connectivity index (χ1n) is 7.16. The number of hydrogen-bond donors (Lipinski definition) is 0. The predicted octanol–water partition coefficient (Wildman–Crippen LogP) is 3.84. The summed E-state index contributed by atoms with van der Waals surface area (Å²) < 4.78 is 4.90. The van der Waals surface area contributed by atoms with E-state index < -0.39 is 17.3 Å². The fourth-order valence-corrected chi connectivity index (χ4v) is 2.45. The highest BCUT2D eigenvalue weighted by Crippen LogP contribution is 2.40. The number of methoxy groups -OCH3 is 1. The number of rotatable bonds is 8. The van der Waals surface area contributed by atoms with E-state index in [1.54, 1.807) is 12.2 Å². The van der Waals surface area contributed by atoms with Crippen molar-refractivity contribution in [3.8, 4) is 0 Å². The summed E-state index contributed by atoms with van der Waals surface area (Å²) in [7, 11) is 1.29. The molecule has 0 amide bonds. The van der Waals surface area contributed by atoms with Crippen LogP contribution in [0.3, 0.4) is 0 Å². The van der Waals surface area contributed by atoms with Crippen molar-refractivity contribution in [2.75, 3.05) is 7.11 Å². The van der Waals surface area contributed by atoms with Crippen molar-refractivity contribution >= 4 is 12.3 Å². The zero-order chi connectivity index (χ0) is 16.4. The maximum Gasteiger partial charge on any atom is 0.320 e. The molecule has 0 N–H and O–H groups in total. The second-order valence-electron chi connectivity index (χ2n) is 4.93. The van der Waals surface area contributed by atoms with Gasteiger partial charge in [-0.1, -0.05) is 60.7 Å². The molecule has 0 aliphatic carbocycles. The standard InChI is InChI=1S/C19H22O3/c1-4-6-7-11-14-19(15-20,18(21)22-3)17(5-2)16-12-9-8-10-13-16/h4-13,15,17H,2,14H2,1,3H3/b6-4+,11-7+. The van der Waals surface area contributed by atoms with Crippen LogP contribution in [0.4, 0.5) is 0 Å². The molecule has 0 aromatic heterocycles. The molecule has 0 spiro atoms. The Kier molecular flexibility index (Phi) is 7.03. The second-order valence-corrected chi connectivity index (χ2v) is 4.93. The van der Waals surface area contributed by atoms with Gasteiger partial charge in [0.15, 0.2) is 0 Å². The molecule has 0 radical (unpaired) electrons. The molecule has 0 fully saturated rings. The molecular weight excluding hydrogens is 276 g/mol. The monoisotopic (exact) mass is 298 g/mol. The summed E-state index contributed by atoms with van der Waals surface area (Å²) in [4.78, 5) is 24.2. The molecule has 3 heteroatoms. The normalized spacial score (nSPS) is 15.4. The zero-order valence-electron chi connectivity index (χ0n) is 13.1. The highest BCUT2D eigenvalue weighted by atomic mass is 16.5. The van der Waals surface area contributed by atoms with E-state index in [1.807, 2.05) is 55.5 Å². The van der Waals surface area contributed by atoms with Crippen LogP contribution in [0, 0.1) is 5.41 Å². The summed E-state index contributed by atoms with van der Waals surface area (Å²) in [5.74, 6) is -1.00. The van der Waals surface area contributed by atoms with E-state index in [-0.39, 0.29) is 6.42 Å². The topological polar surface area (TPSA) is 43.4 Å². The van der Waals surface area contributed by atoms with Gasteiger partial charge in [0.1, 0.15) is 11.7 Å². The van der Waals surface area contributed by atoms with Crippen molar-refractivity contribution in [1.29, 1.82) is 0 Å². The van der Waals surface area contributed by atoms with Crippen molar-refractivity contribution in [1.82, 2.24) is 0 Å². The van der Waals surface area contributed by atoms with Gasteiger partial charge in [-0.25, -0.2) is 0 Å². The van der Waals surface area contributed by atoms with Crippen LogP contribution in [0.25, 0.3) is 0 Å². The van der Waals surface area contributed by atoms with Gasteiger partial charge in [-0.15, -0.1) is 6.58 Å². The number of benzene rings is 1. The maximum atomic E-state index is 12.3. The van der Waals surface area contributed by atoms with Gasteiger partial charge < -0.3 is 9.53 Å². The molecule has 0 heterocycles. The molecule has 0 saturated heterocycles. The summed E-state index contributed by atoms with van der Waals surface area (Å²) in [6, 6.07) is 9.38. The van der Waals surface area contributed by atoms with Crippen molar-refractivity contribution in [3.63, 3.8) is 0 Å².